The molecule has 4 aromatic carbocycles. The van der Waals surface area contributed by atoms with Gasteiger partial charge in [0.1, 0.15) is 12.6 Å². The van der Waals surface area contributed by atoms with Gasteiger partial charge < -0.3 is 10.2 Å². The molecule has 0 aliphatic heterocycles. The number of carbonyl (C=O) groups is 2. The zero-order valence-corrected chi connectivity index (χ0v) is 27.5. The molecule has 1 fully saturated rings. The van der Waals surface area contributed by atoms with Gasteiger partial charge in [-0.15, -0.1) is 0 Å². The summed E-state index contributed by atoms with van der Waals surface area (Å²) in [4.78, 5) is 30.1. The normalized spacial score (nSPS) is 14.6. The first kappa shape index (κ1) is 32.8. The average Bonchev–Trinajstić information content (AvgIpc) is 3.03. The molecule has 4 aromatic rings. The van der Waals surface area contributed by atoms with E-state index in [1.807, 2.05) is 60.7 Å². The molecule has 0 spiro atoms. The Morgan fingerprint density at radius 2 is 1.47 bits per heavy atom. The largest absolute Gasteiger partial charge is 0.352 e. The lowest BCUT2D eigenvalue weighted by atomic mass is 9.94. The molecule has 45 heavy (non-hydrogen) atoms. The van der Waals surface area contributed by atoms with Crippen LogP contribution in [0, 0.1) is 0 Å². The van der Waals surface area contributed by atoms with E-state index in [9.17, 15) is 18.0 Å². The Bertz CT molecular complexity index is 1740. The highest BCUT2D eigenvalue weighted by molar-refractivity contribution is 7.92. The SMILES string of the molecule is CS(=O)(=O)N(CC(=O)N(Cc1c(Cl)cccc1Cl)C(Cc1ccccc1)C(=O)NC1CCCCC1)c1cccc2ccccc12. The van der Waals surface area contributed by atoms with Crippen LogP contribution in [0.15, 0.2) is 91.0 Å². The van der Waals surface area contributed by atoms with Crippen LogP contribution in [0.5, 0.6) is 0 Å². The van der Waals surface area contributed by atoms with Crippen molar-refractivity contribution in [2.45, 2.75) is 57.2 Å². The molecule has 1 atom stereocenters. The van der Waals surface area contributed by atoms with E-state index in [1.54, 1.807) is 30.3 Å². The van der Waals surface area contributed by atoms with Gasteiger partial charge in [0.05, 0.1) is 11.9 Å². The first-order chi connectivity index (χ1) is 21.6. The molecule has 1 unspecified atom stereocenters. The number of amides is 2. The fourth-order valence-electron chi connectivity index (χ4n) is 5.97. The molecule has 2 amide bonds. The summed E-state index contributed by atoms with van der Waals surface area (Å²) < 4.78 is 27.7. The number of anilines is 1. The third kappa shape index (κ3) is 8.17. The molecular weight excluding hydrogens is 629 g/mol. The minimum Gasteiger partial charge on any atom is -0.352 e. The third-order valence-electron chi connectivity index (χ3n) is 8.33. The van der Waals surface area contributed by atoms with Gasteiger partial charge in [0.25, 0.3) is 0 Å². The van der Waals surface area contributed by atoms with Crippen LogP contribution in [0.25, 0.3) is 10.8 Å². The van der Waals surface area contributed by atoms with Gasteiger partial charge in [0.15, 0.2) is 0 Å². The first-order valence-electron chi connectivity index (χ1n) is 15.1. The van der Waals surface area contributed by atoms with E-state index < -0.39 is 28.5 Å². The Morgan fingerprint density at radius 3 is 2.16 bits per heavy atom. The quantitative estimate of drug-likeness (QED) is 0.187. The van der Waals surface area contributed by atoms with Gasteiger partial charge in [0, 0.05) is 40.0 Å². The zero-order valence-electron chi connectivity index (χ0n) is 25.2. The molecular formula is C35H37Cl2N3O4S. The van der Waals surface area contributed by atoms with Gasteiger partial charge >= 0.3 is 0 Å². The fraction of sp³-hybridized carbons (Fsp3) is 0.314. The topological polar surface area (TPSA) is 86.8 Å². The second-order valence-electron chi connectivity index (χ2n) is 11.5. The van der Waals surface area contributed by atoms with Gasteiger partial charge in [0.2, 0.25) is 21.8 Å². The highest BCUT2D eigenvalue weighted by Gasteiger charge is 2.35. The number of nitrogens with zero attached hydrogens (tertiary/aromatic N) is 2. The van der Waals surface area contributed by atoms with E-state index in [1.165, 1.54) is 4.90 Å². The lowest BCUT2D eigenvalue weighted by molar-refractivity contribution is -0.140. The molecule has 236 valence electrons. The van der Waals surface area contributed by atoms with Crippen molar-refractivity contribution in [2.24, 2.45) is 0 Å². The summed E-state index contributed by atoms with van der Waals surface area (Å²) in [5.41, 5.74) is 1.72. The van der Waals surface area contributed by atoms with Crippen LogP contribution in [-0.2, 0) is 32.6 Å². The molecule has 0 heterocycles. The second-order valence-corrected chi connectivity index (χ2v) is 14.3. The monoisotopic (exact) mass is 665 g/mol. The molecule has 0 aromatic heterocycles. The Kier molecular flexibility index (Phi) is 10.7. The number of hydrogen-bond acceptors (Lipinski definition) is 4. The Balaban J connectivity index is 1.57. The smallest absolute Gasteiger partial charge is 0.244 e. The van der Waals surface area contributed by atoms with Gasteiger partial charge in [-0.25, -0.2) is 8.42 Å². The number of halogens is 2. The molecule has 1 saturated carbocycles. The predicted octanol–water partition coefficient (Wildman–Crippen LogP) is 7.00. The molecule has 0 saturated heterocycles. The van der Waals surface area contributed by atoms with Crippen LogP contribution < -0.4 is 9.62 Å². The summed E-state index contributed by atoms with van der Waals surface area (Å²) in [5, 5.41) is 5.42. The minimum atomic E-state index is -3.92. The molecule has 7 nitrogen and oxygen atoms in total. The number of benzene rings is 4. The summed E-state index contributed by atoms with van der Waals surface area (Å²) in [6.45, 7) is -0.600. The third-order valence-corrected chi connectivity index (χ3v) is 10.2. The maximum atomic E-state index is 14.5. The number of carbonyl (C=O) groups excluding carboxylic acids is 2. The van der Waals surface area contributed by atoms with Gasteiger partial charge in [-0.05, 0) is 42.0 Å². The van der Waals surface area contributed by atoms with Crippen LogP contribution in [-0.4, -0.2) is 50.0 Å². The second kappa shape index (κ2) is 14.7. The Hall–Kier alpha value is -3.59. The van der Waals surface area contributed by atoms with Crippen molar-refractivity contribution < 1.29 is 18.0 Å². The van der Waals surface area contributed by atoms with Crippen molar-refractivity contribution in [3.63, 3.8) is 0 Å². The number of rotatable bonds is 11. The standard InChI is InChI=1S/C35H37Cl2N3O4S/c1-45(43,44)40(32-21-10-15-26-14-8-9-18-28(26)32)24-34(41)39(23-29-30(36)19-11-20-31(29)37)33(22-25-12-4-2-5-13-25)35(42)38-27-16-6-3-7-17-27/h2,4-5,8-15,18-21,27,33H,3,6-7,16-17,22-24H2,1H3,(H,38,42). The number of hydrogen-bond donors (Lipinski definition) is 1. The van der Waals surface area contributed by atoms with E-state index in [0.717, 1.165) is 53.6 Å². The number of fused-ring (bicyclic) bond motifs is 1. The van der Waals surface area contributed by atoms with Crippen LogP contribution in [0.1, 0.15) is 43.2 Å². The molecule has 1 N–H and O–H groups in total. The highest BCUT2D eigenvalue weighted by Crippen LogP contribution is 2.31. The van der Waals surface area contributed by atoms with Crippen molar-refractivity contribution in [3.05, 3.63) is 112 Å². The minimum absolute atomic E-state index is 0.00794. The molecule has 10 heteroatoms. The van der Waals surface area contributed by atoms with Gasteiger partial charge in [-0.2, -0.15) is 0 Å². The van der Waals surface area contributed by atoms with Crippen molar-refractivity contribution >= 4 is 61.5 Å². The summed E-state index contributed by atoms with van der Waals surface area (Å²) in [6, 6.07) is 26.3. The summed E-state index contributed by atoms with van der Waals surface area (Å²) in [5.74, 6) is -0.845. The van der Waals surface area contributed by atoms with E-state index in [-0.39, 0.29) is 24.9 Å². The Morgan fingerprint density at radius 1 is 0.844 bits per heavy atom. The molecule has 0 bridgehead atoms. The van der Waals surface area contributed by atoms with Crippen LogP contribution in [0.3, 0.4) is 0 Å². The van der Waals surface area contributed by atoms with Crippen molar-refractivity contribution in [2.75, 3.05) is 17.1 Å². The lowest BCUT2D eigenvalue weighted by Gasteiger charge is -2.35. The first-order valence-corrected chi connectivity index (χ1v) is 17.7. The van der Waals surface area contributed by atoms with E-state index in [2.05, 4.69) is 5.32 Å². The molecule has 1 aliphatic carbocycles. The maximum Gasteiger partial charge on any atom is 0.244 e. The van der Waals surface area contributed by atoms with Crippen LogP contribution in [0.2, 0.25) is 10.0 Å². The maximum absolute atomic E-state index is 14.5. The summed E-state index contributed by atoms with van der Waals surface area (Å²) in [7, 11) is -3.92. The summed E-state index contributed by atoms with van der Waals surface area (Å²) >= 11 is 13.2. The predicted molar refractivity (Wildman–Crippen MR) is 182 cm³/mol. The number of sulfonamides is 1. The van der Waals surface area contributed by atoms with Crippen LogP contribution >= 0.6 is 23.2 Å². The van der Waals surface area contributed by atoms with Gasteiger partial charge in [-0.1, -0.05) is 115 Å². The highest BCUT2D eigenvalue weighted by atomic mass is 35.5. The van der Waals surface area contributed by atoms with Crippen molar-refractivity contribution in [3.8, 4) is 0 Å². The molecule has 5 rings (SSSR count). The van der Waals surface area contributed by atoms with E-state index in [0.29, 0.717) is 26.7 Å². The summed E-state index contributed by atoms with van der Waals surface area (Å²) in [6.07, 6.45) is 6.23. The molecule has 0 radical (unpaired) electrons. The molecule has 1 aliphatic rings. The zero-order chi connectivity index (χ0) is 32.0. The van der Waals surface area contributed by atoms with Crippen molar-refractivity contribution in [1.82, 2.24) is 10.2 Å². The lowest BCUT2D eigenvalue weighted by Crippen LogP contribution is -2.55. The number of nitrogens with one attached hydrogen (secondary N) is 1. The van der Waals surface area contributed by atoms with E-state index in [4.69, 9.17) is 23.2 Å². The average molecular weight is 667 g/mol. The fourth-order valence-corrected chi connectivity index (χ4v) is 7.35. The van der Waals surface area contributed by atoms with Crippen molar-refractivity contribution in [1.29, 1.82) is 0 Å². The van der Waals surface area contributed by atoms with E-state index >= 15 is 0 Å². The van der Waals surface area contributed by atoms with Crippen LogP contribution in [0.4, 0.5) is 5.69 Å². The van der Waals surface area contributed by atoms with Gasteiger partial charge in [-0.3, -0.25) is 13.9 Å². The Labute approximate surface area is 275 Å².